The zero-order chi connectivity index (χ0) is 28.8. The van der Waals surface area contributed by atoms with Crippen LogP contribution in [0.1, 0.15) is 31.0 Å². The van der Waals surface area contributed by atoms with Crippen molar-refractivity contribution in [2.75, 3.05) is 26.2 Å². The molecule has 1 aliphatic rings. The zero-order valence-electron chi connectivity index (χ0n) is 22.2. The molecule has 9 nitrogen and oxygen atoms in total. The summed E-state index contributed by atoms with van der Waals surface area (Å²) in [7, 11) is -4.02. The zero-order valence-corrected chi connectivity index (χ0v) is 23.0. The van der Waals surface area contributed by atoms with Gasteiger partial charge in [-0.1, -0.05) is 6.92 Å². The first-order valence-corrected chi connectivity index (χ1v) is 14.3. The Labute approximate surface area is 229 Å². The van der Waals surface area contributed by atoms with Crippen molar-refractivity contribution in [1.29, 1.82) is 0 Å². The average molecular weight is 580 g/mol. The number of sulfonamides is 1. The van der Waals surface area contributed by atoms with E-state index in [1.54, 1.807) is 34.8 Å². The quantitative estimate of drug-likeness (QED) is 0.303. The van der Waals surface area contributed by atoms with Gasteiger partial charge in [0.2, 0.25) is 5.03 Å². The second kappa shape index (κ2) is 10.6. The van der Waals surface area contributed by atoms with E-state index in [0.717, 1.165) is 23.4 Å². The molecule has 40 heavy (non-hydrogen) atoms. The van der Waals surface area contributed by atoms with E-state index in [4.69, 9.17) is 0 Å². The van der Waals surface area contributed by atoms with Crippen LogP contribution in [0.25, 0.3) is 16.6 Å². The lowest BCUT2D eigenvalue weighted by Crippen LogP contribution is -2.52. The third-order valence-electron chi connectivity index (χ3n) is 7.31. The predicted octanol–water partition coefficient (Wildman–Crippen LogP) is 4.33. The van der Waals surface area contributed by atoms with Crippen molar-refractivity contribution < 1.29 is 26.0 Å². The Balaban J connectivity index is 1.53. The van der Waals surface area contributed by atoms with Gasteiger partial charge in [-0.05, 0) is 61.4 Å². The number of nitrogens with zero attached hydrogens (tertiary/aromatic N) is 7. The number of rotatable bonds is 7. The van der Waals surface area contributed by atoms with Gasteiger partial charge in [-0.25, -0.2) is 17.5 Å². The van der Waals surface area contributed by atoms with Gasteiger partial charge in [0.1, 0.15) is 5.82 Å². The number of piperazine rings is 1. The highest BCUT2D eigenvalue weighted by atomic mass is 32.2. The molecule has 5 rings (SSSR count). The lowest BCUT2D eigenvalue weighted by atomic mass is 9.95. The number of benzene rings is 2. The topological polar surface area (TPSA) is 89.2 Å². The fourth-order valence-electron chi connectivity index (χ4n) is 5.01. The smallest absolute Gasteiger partial charge is 0.293 e. The van der Waals surface area contributed by atoms with Gasteiger partial charge in [0.25, 0.3) is 10.0 Å². The molecule has 0 saturated carbocycles. The van der Waals surface area contributed by atoms with Crippen molar-refractivity contribution in [3.8, 4) is 5.69 Å². The minimum Gasteiger partial charge on any atom is -0.293 e. The molecule has 2 atom stereocenters. The minimum absolute atomic E-state index is 0.0200. The molecule has 0 amide bonds. The van der Waals surface area contributed by atoms with Crippen LogP contribution in [-0.2, 0) is 16.6 Å². The summed E-state index contributed by atoms with van der Waals surface area (Å²) < 4.78 is 83.9. The van der Waals surface area contributed by atoms with Gasteiger partial charge < -0.3 is 0 Å². The Kier molecular flexibility index (Phi) is 7.44. The molecule has 2 aromatic carbocycles. The summed E-state index contributed by atoms with van der Waals surface area (Å²) in [6.45, 7) is 4.94. The van der Waals surface area contributed by atoms with Gasteiger partial charge in [-0.3, -0.25) is 4.90 Å². The third kappa shape index (κ3) is 5.34. The molecule has 3 heterocycles. The maximum absolute atomic E-state index is 13.5. The van der Waals surface area contributed by atoms with Crippen molar-refractivity contribution in [2.24, 2.45) is 5.92 Å². The number of hydrogen-bond donors (Lipinski definition) is 0. The van der Waals surface area contributed by atoms with Crippen LogP contribution in [0.15, 0.2) is 53.8 Å². The molecule has 0 bridgehead atoms. The summed E-state index contributed by atoms with van der Waals surface area (Å²) in [5, 5.41) is 13.0. The molecule has 214 valence electrons. The number of hydrogen-bond acceptors (Lipinski definition) is 6. The first-order chi connectivity index (χ1) is 18.9. The molecule has 1 fully saturated rings. The van der Waals surface area contributed by atoms with Crippen LogP contribution in [0, 0.1) is 18.7 Å². The molecule has 1 unspecified atom stereocenters. The van der Waals surface area contributed by atoms with E-state index in [9.17, 15) is 26.0 Å². The Morgan fingerprint density at radius 3 is 2.45 bits per heavy atom. The van der Waals surface area contributed by atoms with Crippen LogP contribution in [-0.4, -0.2) is 74.8 Å². The Bertz CT molecular complexity index is 1620. The molecule has 0 aliphatic carbocycles. The van der Waals surface area contributed by atoms with E-state index >= 15 is 0 Å². The van der Waals surface area contributed by atoms with Gasteiger partial charge in [0.05, 0.1) is 36.1 Å². The summed E-state index contributed by atoms with van der Waals surface area (Å²) in [5.41, 5.74) is 2.86. The fraction of sp³-hybridized carbons (Fsp3) is 0.423. The Hall–Kier alpha value is -3.36. The summed E-state index contributed by atoms with van der Waals surface area (Å²) in [5.74, 6) is -1.98. The molecular weight excluding hydrogens is 550 g/mol. The highest BCUT2D eigenvalue weighted by Gasteiger charge is 2.42. The number of aromatic nitrogens is 5. The van der Waals surface area contributed by atoms with Gasteiger partial charge in [-0.2, -0.15) is 32.5 Å². The van der Waals surface area contributed by atoms with E-state index < -0.39 is 28.2 Å². The summed E-state index contributed by atoms with van der Waals surface area (Å²) >= 11 is 0. The number of alkyl halides is 3. The summed E-state index contributed by atoms with van der Waals surface area (Å²) in [4.78, 5) is 2.97. The van der Waals surface area contributed by atoms with Crippen molar-refractivity contribution in [1.82, 2.24) is 34.0 Å². The molecule has 1 aliphatic heterocycles. The van der Waals surface area contributed by atoms with Crippen molar-refractivity contribution >= 4 is 20.9 Å². The van der Waals surface area contributed by atoms with Crippen LogP contribution in [0.4, 0.5) is 17.6 Å². The molecule has 4 aromatic rings. The van der Waals surface area contributed by atoms with E-state index in [1.807, 2.05) is 19.1 Å². The number of fused-ring (bicyclic) bond motifs is 1. The normalized spacial score (nSPS) is 18.4. The number of aryl methyl sites for hydroxylation is 2. The predicted molar refractivity (Wildman–Crippen MR) is 140 cm³/mol. The van der Waals surface area contributed by atoms with E-state index in [-0.39, 0.29) is 37.0 Å². The molecular formula is C26H29F4N7O2S. The first kappa shape index (κ1) is 28.2. The van der Waals surface area contributed by atoms with Crippen LogP contribution in [0.5, 0.6) is 0 Å². The highest BCUT2D eigenvalue weighted by Crippen LogP contribution is 2.36. The standard InChI is InChI=1S/C26H29F4N7O2S/c1-4-36-31-14-25(33-36)40(38,39)35-10-9-34(15-18(3)26(28,29)30)24(16-35)22-12-19-13-32-37(23(19)11-17(22)2)21-7-5-20(27)6-8-21/h5-8,11-14,18,24H,4,9-10,15-16H2,1-3H3/t18?,24-/m1/s1. The van der Waals surface area contributed by atoms with Crippen LogP contribution in [0.3, 0.4) is 0 Å². The second-order valence-electron chi connectivity index (χ2n) is 9.99. The lowest BCUT2D eigenvalue weighted by Gasteiger charge is -2.42. The molecule has 1 saturated heterocycles. The Morgan fingerprint density at radius 1 is 1.07 bits per heavy atom. The molecule has 0 N–H and O–H groups in total. The summed E-state index contributed by atoms with van der Waals surface area (Å²) in [6, 6.07) is 8.94. The highest BCUT2D eigenvalue weighted by molar-refractivity contribution is 7.89. The van der Waals surface area contributed by atoms with Gasteiger partial charge in [0.15, 0.2) is 0 Å². The van der Waals surface area contributed by atoms with Crippen LogP contribution < -0.4 is 0 Å². The van der Waals surface area contributed by atoms with Crippen molar-refractivity contribution in [2.45, 2.75) is 44.6 Å². The fourth-order valence-corrected chi connectivity index (χ4v) is 6.31. The Morgan fingerprint density at radius 2 is 1.80 bits per heavy atom. The lowest BCUT2D eigenvalue weighted by molar-refractivity contribution is -0.176. The van der Waals surface area contributed by atoms with Gasteiger partial charge in [0, 0.05) is 37.6 Å². The monoisotopic (exact) mass is 579 g/mol. The van der Waals surface area contributed by atoms with Crippen LogP contribution in [0.2, 0.25) is 0 Å². The molecule has 0 spiro atoms. The van der Waals surface area contributed by atoms with Gasteiger partial charge >= 0.3 is 6.18 Å². The molecule has 0 radical (unpaired) electrons. The SMILES string of the molecule is CCn1ncc(S(=O)(=O)N2CCN(CC(C)C(F)(F)F)[C@@H](c3cc4cnn(-c5ccc(F)cc5)c4cc3C)C2)n1. The van der Waals surface area contributed by atoms with E-state index in [1.165, 1.54) is 27.4 Å². The van der Waals surface area contributed by atoms with Crippen molar-refractivity contribution in [3.05, 3.63) is 65.7 Å². The van der Waals surface area contributed by atoms with Crippen molar-refractivity contribution in [3.63, 3.8) is 0 Å². The molecule has 2 aromatic heterocycles. The number of halogens is 4. The second-order valence-corrected chi connectivity index (χ2v) is 11.9. The maximum Gasteiger partial charge on any atom is 0.392 e. The summed E-state index contributed by atoms with van der Waals surface area (Å²) in [6.07, 6.45) is -1.57. The molecule has 14 heteroatoms. The van der Waals surface area contributed by atoms with Gasteiger partial charge in [-0.15, -0.1) is 5.10 Å². The van der Waals surface area contributed by atoms with Crippen LogP contribution >= 0.6 is 0 Å². The maximum atomic E-state index is 13.5. The largest absolute Gasteiger partial charge is 0.392 e. The minimum atomic E-state index is -4.39. The average Bonchev–Trinajstić information content (AvgIpc) is 3.56. The third-order valence-corrected chi connectivity index (χ3v) is 9.04. The van der Waals surface area contributed by atoms with E-state index in [2.05, 4.69) is 15.3 Å². The first-order valence-electron chi connectivity index (χ1n) is 12.8. The van der Waals surface area contributed by atoms with E-state index in [0.29, 0.717) is 17.8 Å².